The second kappa shape index (κ2) is 9.61. The molecule has 4 rings (SSSR count). The zero-order chi connectivity index (χ0) is 25.2. The largest absolute Gasteiger partial charge is 0.443 e. The molecule has 3 aromatic heterocycles. The lowest BCUT2D eigenvalue weighted by atomic mass is 9.96. The molecular formula is C23H29N9O3. The van der Waals surface area contributed by atoms with E-state index in [1.165, 1.54) is 17.4 Å². The topological polar surface area (TPSA) is 165 Å². The first-order valence-corrected chi connectivity index (χ1v) is 11.5. The number of nitrogens with two attached hydrogens (primary N) is 1. The van der Waals surface area contributed by atoms with Crippen molar-refractivity contribution in [1.82, 2.24) is 35.2 Å². The SMILES string of the molecule is CC(C)(C)OC(=O)NNC(=O)c1ccc2c(-c3cnn(C(CC#N)C4CCCC4)c3)nc(N)nn12. The van der Waals surface area contributed by atoms with Crippen LogP contribution in [0.4, 0.5) is 10.7 Å². The summed E-state index contributed by atoms with van der Waals surface area (Å²) in [7, 11) is 0. The number of hydrogen-bond donors (Lipinski definition) is 3. The molecule has 3 aromatic rings. The van der Waals surface area contributed by atoms with Crippen molar-refractivity contribution < 1.29 is 14.3 Å². The van der Waals surface area contributed by atoms with E-state index in [2.05, 4.69) is 32.1 Å². The Bertz CT molecular complexity index is 1280. The molecule has 35 heavy (non-hydrogen) atoms. The van der Waals surface area contributed by atoms with Gasteiger partial charge in [0, 0.05) is 11.8 Å². The molecular weight excluding hydrogens is 450 g/mol. The standard InChI is InChI=1S/C23H29N9O3/c1-23(2,3)35-22(34)29-28-20(33)18-9-8-17-19(27-21(25)30-32(17)18)15-12-26-31(13-15)16(10-11-24)14-6-4-5-7-14/h8-9,12-14,16H,4-7,10H2,1-3H3,(H2,25,30)(H,28,33)(H,29,34). The van der Waals surface area contributed by atoms with E-state index in [-0.39, 0.29) is 17.7 Å². The maximum Gasteiger partial charge on any atom is 0.426 e. The van der Waals surface area contributed by atoms with E-state index in [1.54, 1.807) is 39.1 Å². The highest BCUT2D eigenvalue weighted by molar-refractivity contribution is 5.95. The molecule has 12 heteroatoms. The van der Waals surface area contributed by atoms with Crippen LogP contribution in [0.1, 0.15) is 69.4 Å². The first-order chi connectivity index (χ1) is 16.7. The monoisotopic (exact) mass is 479 g/mol. The number of carbonyl (C=O) groups excluding carboxylic acids is 2. The van der Waals surface area contributed by atoms with E-state index in [4.69, 9.17) is 10.5 Å². The fourth-order valence-corrected chi connectivity index (χ4v) is 4.43. The van der Waals surface area contributed by atoms with Crippen LogP contribution in [0.2, 0.25) is 0 Å². The van der Waals surface area contributed by atoms with E-state index in [0.717, 1.165) is 12.8 Å². The quantitative estimate of drug-likeness (QED) is 0.470. The van der Waals surface area contributed by atoms with Crippen molar-refractivity contribution in [3.63, 3.8) is 0 Å². The lowest BCUT2D eigenvalue weighted by molar-refractivity contribution is 0.0482. The predicted molar refractivity (Wildman–Crippen MR) is 127 cm³/mol. The molecule has 0 aliphatic heterocycles. The van der Waals surface area contributed by atoms with E-state index >= 15 is 0 Å². The number of amides is 2. The minimum atomic E-state index is -0.789. The van der Waals surface area contributed by atoms with Crippen LogP contribution < -0.4 is 16.6 Å². The Hall–Kier alpha value is -4.14. The van der Waals surface area contributed by atoms with Gasteiger partial charge in [-0.1, -0.05) is 12.8 Å². The molecule has 184 valence electrons. The van der Waals surface area contributed by atoms with Gasteiger partial charge in [0.15, 0.2) is 0 Å². The second-order valence-corrected chi connectivity index (χ2v) is 9.60. The zero-order valence-electron chi connectivity index (χ0n) is 20.0. The van der Waals surface area contributed by atoms with Crippen LogP contribution in [-0.4, -0.2) is 42.0 Å². The number of nitriles is 1. The molecule has 0 saturated heterocycles. The molecule has 1 saturated carbocycles. The van der Waals surface area contributed by atoms with E-state index in [0.29, 0.717) is 29.1 Å². The number of nitrogens with zero attached hydrogens (tertiary/aromatic N) is 6. The third-order valence-electron chi connectivity index (χ3n) is 5.90. The molecule has 0 aromatic carbocycles. The summed E-state index contributed by atoms with van der Waals surface area (Å²) in [5.41, 5.74) is 11.7. The summed E-state index contributed by atoms with van der Waals surface area (Å²) < 4.78 is 8.32. The van der Waals surface area contributed by atoms with Crippen LogP contribution in [0, 0.1) is 17.2 Å². The Morgan fingerprint density at radius 3 is 2.71 bits per heavy atom. The van der Waals surface area contributed by atoms with Gasteiger partial charge < -0.3 is 10.5 Å². The molecule has 12 nitrogen and oxygen atoms in total. The summed E-state index contributed by atoms with van der Waals surface area (Å²) in [6.07, 6.45) is 7.64. The summed E-state index contributed by atoms with van der Waals surface area (Å²) in [5, 5.41) is 18.0. The van der Waals surface area contributed by atoms with Crippen LogP contribution in [0.15, 0.2) is 24.5 Å². The van der Waals surface area contributed by atoms with Gasteiger partial charge in [-0.25, -0.2) is 19.7 Å². The number of ether oxygens (including phenoxy) is 1. The normalized spacial score (nSPS) is 15.0. The molecule has 3 heterocycles. The number of nitrogen functional groups attached to an aromatic ring is 1. The van der Waals surface area contributed by atoms with Crippen molar-refractivity contribution in [2.24, 2.45) is 5.92 Å². The minimum absolute atomic E-state index is 0.00138. The molecule has 4 N–H and O–H groups in total. The number of anilines is 1. The fourth-order valence-electron chi connectivity index (χ4n) is 4.43. The van der Waals surface area contributed by atoms with Gasteiger partial charge in [0.25, 0.3) is 5.91 Å². The Morgan fingerprint density at radius 1 is 1.29 bits per heavy atom. The highest BCUT2D eigenvalue weighted by atomic mass is 16.6. The van der Waals surface area contributed by atoms with Gasteiger partial charge in [-0.3, -0.25) is 14.9 Å². The van der Waals surface area contributed by atoms with Gasteiger partial charge >= 0.3 is 6.09 Å². The number of carbonyl (C=O) groups is 2. The lowest BCUT2D eigenvalue weighted by Crippen LogP contribution is -2.44. The van der Waals surface area contributed by atoms with E-state index < -0.39 is 17.6 Å². The van der Waals surface area contributed by atoms with Crippen molar-refractivity contribution in [2.45, 2.75) is 64.5 Å². The van der Waals surface area contributed by atoms with Gasteiger partial charge in [0.1, 0.15) is 17.0 Å². The molecule has 0 bridgehead atoms. The highest BCUT2D eigenvalue weighted by Gasteiger charge is 2.27. The molecule has 1 fully saturated rings. The first kappa shape index (κ1) is 24.0. The van der Waals surface area contributed by atoms with E-state index in [1.807, 2.05) is 10.9 Å². The number of fused-ring (bicyclic) bond motifs is 1. The number of hydrazine groups is 1. The summed E-state index contributed by atoms with van der Waals surface area (Å²) in [5.74, 6) is -0.222. The summed E-state index contributed by atoms with van der Waals surface area (Å²) in [6.45, 7) is 5.15. The minimum Gasteiger partial charge on any atom is -0.443 e. The molecule has 0 spiro atoms. The van der Waals surface area contributed by atoms with Gasteiger partial charge in [-0.05, 0) is 51.7 Å². The van der Waals surface area contributed by atoms with Crippen molar-refractivity contribution in [3.8, 4) is 17.3 Å². The average Bonchev–Trinajstić information content (AvgIpc) is 3.55. The van der Waals surface area contributed by atoms with Gasteiger partial charge in [-0.15, -0.1) is 5.10 Å². The first-order valence-electron chi connectivity index (χ1n) is 11.5. The summed E-state index contributed by atoms with van der Waals surface area (Å²) in [4.78, 5) is 29.0. The highest BCUT2D eigenvalue weighted by Crippen LogP contribution is 2.36. The molecule has 1 aliphatic carbocycles. The Labute approximate surface area is 202 Å². The Kier molecular flexibility index (Phi) is 6.59. The van der Waals surface area contributed by atoms with Gasteiger partial charge in [0.2, 0.25) is 5.95 Å². The van der Waals surface area contributed by atoms with Crippen LogP contribution in [-0.2, 0) is 4.74 Å². The Balaban J connectivity index is 1.59. The molecule has 2 amide bonds. The average molecular weight is 480 g/mol. The third kappa shape index (κ3) is 5.34. The van der Waals surface area contributed by atoms with Crippen molar-refractivity contribution in [2.75, 3.05) is 5.73 Å². The number of rotatable bonds is 5. The number of nitrogens with one attached hydrogen (secondary N) is 2. The molecule has 1 atom stereocenters. The van der Waals surface area contributed by atoms with Gasteiger partial charge in [-0.2, -0.15) is 10.4 Å². The van der Waals surface area contributed by atoms with Crippen LogP contribution in [0.5, 0.6) is 0 Å². The summed E-state index contributed by atoms with van der Waals surface area (Å²) in [6, 6.07) is 5.53. The van der Waals surface area contributed by atoms with Gasteiger partial charge in [0.05, 0.1) is 30.2 Å². The smallest absolute Gasteiger partial charge is 0.426 e. The van der Waals surface area contributed by atoms with Crippen molar-refractivity contribution >= 4 is 23.5 Å². The van der Waals surface area contributed by atoms with Crippen molar-refractivity contribution in [3.05, 3.63) is 30.2 Å². The fraction of sp³-hybridized carbons (Fsp3) is 0.478. The van der Waals surface area contributed by atoms with E-state index in [9.17, 15) is 14.9 Å². The van der Waals surface area contributed by atoms with Crippen LogP contribution >= 0.6 is 0 Å². The maximum absolute atomic E-state index is 12.7. The van der Waals surface area contributed by atoms with Crippen LogP contribution in [0.3, 0.4) is 0 Å². The van der Waals surface area contributed by atoms with Crippen molar-refractivity contribution in [1.29, 1.82) is 5.26 Å². The number of hydrogen-bond acceptors (Lipinski definition) is 8. The molecule has 1 aliphatic rings. The maximum atomic E-state index is 12.7. The third-order valence-corrected chi connectivity index (χ3v) is 5.90. The molecule has 1 unspecified atom stereocenters. The predicted octanol–water partition coefficient (Wildman–Crippen LogP) is 2.99. The number of aromatic nitrogens is 5. The second-order valence-electron chi connectivity index (χ2n) is 9.60. The lowest BCUT2D eigenvalue weighted by Gasteiger charge is -2.21. The summed E-state index contributed by atoms with van der Waals surface area (Å²) >= 11 is 0. The Morgan fingerprint density at radius 2 is 2.03 bits per heavy atom. The van der Waals surface area contributed by atoms with Crippen LogP contribution in [0.25, 0.3) is 16.8 Å². The zero-order valence-corrected chi connectivity index (χ0v) is 20.0. The molecule has 0 radical (unpaired) electrons.